The molecule has 156 valence electrons. The van der Waals surface area contributed by atoms with Crippen molar-refractivity contribution in [2.45, 2.75) is 13.8 Å². The molecule has 0 bridgehead atoms. The van der Waals surface area contributed by atoms with Gasteiger partial charge in [0.2, 0.25) is 0 Å². The van der Waals surface area contributed by atoms with E-state index >= 15 is 0 Å². The predicted octanol–water partition coefficient (Wildman–Crippen LogP) is 2.93. The molecule has 0 unspecified atom stereocenters. The van der Waals surface area contributed by atoms with Crippen LogP contribution in [0.2, 0.25) is 0 Å². The largest absolute Gasteiger partial charge is 0.466 e. The molecule has 1 heterocycles. The third-order valence-electron chi connectivity index (χ3n) is 5.04. The molecular formula is C23H23NO6. The van der Waals surface area contributed by atoms with E-state index in [0.717, 1.165) is 11.1 Å². The standard InChI is InChI=1S/C23H23NO6/c1-14-5-6-17(11-15(14)2)21(25)16-7-9-18(10-8-16)24-13-30-12-19(22(26)28-3)20(24)23(27)29-4/h5-11H,12-13H2,1-4H3. The summed E-state index contributed by atoms with van der Waals surface area (Å²) in [5.41, 5.74) is 4.00. The molecule has 2 aromatic rings. The van der Waals surface area contributed by atoms with Crippen LogP contribution in [-0.4, -0.2) is 45.3 Å². The summed E-state index contributed by atoms with van der Waals surface area (Å²) in [6.45, 7) is 3.95. The third-order valence-corrected chi connectivity index (χ3v) is 5.04. The van der Waals surface area contributed by atoms with Crippen LogP contribution < -0.4 is 4.90 Å². The van der Waals surface area contributed by atoms with Crippen molar-refractivity contribution in [1.29, 1.82) is 0 Å². The number of carbonyl (C=O) groups excluding carboxylic acids is 3. The number of ether oxygens (including phenoxy) is 3. The first kappa shape index (κ1) is 21.3. The number of hydrogen-bond acceptors (Lipinski definition) is 7. The van der Waals surface area contributed by atoms with E-state index in [1.165, 1.54) is 19.1 Å². The van der Waals surface area contributed by atoms with Crippen molar-refractivity contribution < 1.29 is 28.6 Å². The molecule has 0 spiro atoms. The Bertz CT molecular complexity index is 1020. The second-order valence-corrected chi connectivity index (χ2v) is 6.89. The van der Waals surface area contributed by atoms with E-state index in [0.29, 0.717) is 16.8 Å². The van der Waals surface area contributed by atoms with Gasteiger partial charge in [-0.05, 0) is 55.3 Å². The Morgan fingerprint density at radius 3 is 2.10 bits per heavy atom. The van der Waals surface area contributed by atoms with Gasteiger partial charge in [-0.1, -0.05) is 12.1 Å². The maximum Gasteiger partial charge on any atom is 0.355 e. The summed E-state index contributed by atoms with van der Waals surface area (Å²) in [6.07, 6.45) is 0. The number of nitrogens with zero attached hydrogens (tertiary/aromatic N) is 1. The van der Waals surface area contributed by atoms with E-state index in [1.807, 2.05) is 26.0 Å². The van der Waals surface area contributed by atoms with Crippen molar-refractivity contribution >= 4 is 23.4 Å². The Labute approximate surface area is 174 Å². The molecule has 1 aliphatic heterocycles. The number of aryl methyl sites for hydroxylation is 2. The normalized spacial score (nSPS) is 13.8. The predicted molar refractivity (Wildman–Crippen MR) is 110 cm³/mol. The molecule has 0 aromatic heterocycles. The van der Waals surface area contributed by atoms with Gasteiger partial charge in [0.15, 0.2) is 5.78 Å². The third kappa shape index (κ3) is 4.11. The highest BCUT2D eigenvalue weighted by Crippen LogP contribution is 2.27. The summed E-state index contributed by atoms with van der Waals surface area (Å²) in [5.74, 6) is -1.44. The van der Waals surface area contributed by atoms with Crippen LogP contribution in [0.3, 0.4) is 0 Å². The summed E-state index contributed by atoms with van der Waals surface area (Å²) >= 11 is 0. The van der Waals surface area contributed by atoms with Crippen LogP contribution in [0, 0.1) is 13.8 Å². The average molecular weight is 409 g/mol. The molecule has 0 N–H and O–H groups in total. The van der Waals surface area contributed by atoms with Crippen molar-refractivity contribution in [1.82, 2.24) is 0 Å². The number of benzene rings is 2. The van der Waals surface area contributed by atoms with E-state index in [2.05, 4.69) is 0 Å². The van der Waals surface area contributed by atoms with Gasteiger partial charge in [0, 0.05) is 16.8 Å². The van der Waals surface area contributed by atoms with Gasteiger partial charge in [-0.2, -0.15) is 0 Å². The maximum absolute atomic E-state index is 12.8. The zero-order valence-electron chi connectivity index (χ0n) is 17.4. The molecule has 0 aliphatic carbocycles. The van der Waals surface area contributed by atoms with E-state index in [-0.39, 0.29) is 30.4 Å². The van der Waals surface area contributed by atoms with Gasteiger partial charge in [0.05, 0.1) is 26.4 Å². The van der Waals surface area contributed by atoms with Crippen molar-refractivity contribution in [2.24, 2.45) is 0 Å². The van der Waals surface area contributed by atoms with Crippen molar-refractivity contribution in [3.05, 3.63) is 76.0 Å². The Kier molecular flexibility index (Phi) is 6.32. The van der Waals surface area contributed by atoms with Gasteiger partial charge in [0.25, 0.3) is 0 Å². The van der Waals surface area contributed by atoms with Crippen LogP contribution in [-0.2, 0) is 23.8 Å². The summed E-state index contributed by atoms with van der Waals surface area (Å²) in [6, 6.07) is 12.3. The van der Waals surface area contributed by atoms with E-state index in [4.69, 9.17) is 14.2 Å². The number of hydrogen-bond donors (Lipinski definition) is 0. The second kappa shape index (κ2) is 8.92. The lowest BCUT2D eigenvalue weighted by Crippen LogP contribution is -2.38. The number of methoxy groups -OCH3 is 2. The summed E-state index contributed by atoms with van der Waals surface area (Å²) in [7, 11) is 2.47. The van der Waals surface area contributed by atoms with Gasteiger partial charge in [-0.15, -0.1) is 0 Å². The quantitative estimate of drug-likeness (QED) is 0.555. The molecule has 0 saturated carbocycles. The molecule has 30 heavy (non-hydrogen) atoms. The average Bonchev–Trinajstić information content (AvgIpc) is 2.78. The Morgan fingerprint density at radius 1 is 0.867 bits per heavy atom. The highest BCUT2D eigenvalue weighted by molar-refractivity contribution is 6.09. The molecular weight excluding hydrogens is 386 g/mol. The monoisotopic (exact) mass is 409 g/mol. The number of ketones is 1. The summed E-state index contributed by atoms with van der Waals surface area (Å²) in [5, 5.41) is 0. The van der Waals surface area contributed by atoms with Crippen molar-refractivity contribution in [2.75, 3.05) is 32.5 Å². The van der Waals surface area contributed by atoms with E-state index < -0.39 is 11.9 Å². The van der Waals surface area contributed by atoms with E-state index in [1.54, 1.807) is 30.3 Å². The first-order valence-electron chi connectivity index (χ1n) is 9.34. The number of anilines is 1. The smallest absolute Gasteiger partial charge is 0.355 e. The van der Waals surface area contributed by atoms with Crippen LogP contribution in [0.4, 0.5) is 5.69 Å². The minimum absolute atomic E-state index is 0.0510. The van der Waals surface area contributed by atoms with E-state index in [9.17, 15) is 14.4 Å². The number of rotatable bonds is 5. The maximum atomic E-state index is 12.8. The lowest BCUT2D eigenvalue weighted by atomic mass is 9.99. The Morgan fingerprint density at radius 2 is 1.50 bits per heavy atom. The van der Waals surface area contributed by atoms with Gasteiger partial charge in [-0.25, -0.2) is 9.59 Å². The molecule has 7 nitrogen and oxygen atoms in total. The molecule has 1 aliphatic rings. The van der Waals surface area contributed by atoms with Gasteiger partial charge < -0.3 is 19.1 Å². The fraction of sp³-hybridized carbons (Fsp3) is 0.261. The number of carbonyl (C=O) groups is 3. The fourth-order valence-electron chi connectivity index (χ4n) is 3.19. The molecule has 0 radical (unpaired) electrons. The summed E-state index contributed by atoms with van der Waals surface area (Å²) in [4.78, 5) is 38.8. The zero-order chi connectivity index (χ0) is 21.8. The molecule has 2 aromatic carbocycles. The van der Waals surface area contributed by atoms with Crippen LogP contribution in [0.5, 0.6) is 0 Å². The SMILES string of the molecule is COC(=O)C1=C(C(=O)OC)N(c2ccc(C(=O)c3ccc(C)c(C)c3)cc2)COC1. The first-order chi connectivity index (χ1) is 14.4. The van der Waals surface area contributed by atoms with Gasteiger partial charge >= 0.3 is 11.9 Å². The minimum atomic E-state index is -0.672. The minimum Gasteiger partial charge on any atom is -0.466 e. The fourth-order valence-corrected chi connectivity index (χ4v) is 3.19. The van der Waals surface area contributed by atoms with Crippen LogP contribution in [0.1, 0.15) is 27.0 Å². The van der Waals surface area contributed by atoms with Crippen LogP contribution in [0.15, 0.2) is 53.7 Å². The number of esters is 2. The lowest BCUT2D eigenvalue weighted by molar-refractivity contribution is -0.140. The highest BCUT2D eigenvalue weighted by Gasteiger charge is 2.32. The second-order valence-electron chi connectivity index (χ2n) is 6.89. The van der Waals surface area contributed by atoms with Gasteiger partial charge in [0.1, 0.15) is 12.4 Å². The molecule has 3 rings (SSSR count). The molecule has 7 heteroatoms. The highest BCUT2D eigenvalue weighted by atomic mass is 16.5. The van der Waals surface area contributed by atoms with Crippen molar-refractivity contribution in [3.8, 4) is 0 Å². The first-order valence-corrected chi connectivity index (χ1v) is 9.34. The van der Waals surface area contributed by atoms with Gasteiger partial charge in [-0.3, -0.25) is 4.79 Å². The molecule has 0 amide bonds. The Balaban J connectivity index is 1.94. The van der Waals surface area contributed by atoms with Crippen LogP contribution >= 0.6 is 0 Å². The zero-order valence-corrected chi connectivity index (χ0v) is 17.4. The van der Waals surface area contributed by atoms with Crippen LogP contribution in [0.25, 0.3) is 0 Å². The lowest BCUT2D eigenvalue weighted by Gasteiger charge is -2.31. The molecule has 0 saturated heterocycles. The molecule has 0 atom stereocenters. The summed E-state index contributed by atoms with van der Waals surface area (Å²) < 4.78 is 15.1. The van der Waals surface area contributed by atoms with Crippen molar-refractivity contribution in [3.63, 3.8) is 0 Å². The molecule has 0 fully saturated rings. The Hall–Kier alpha value is -3.45. The topological polar surface area (TPSA) is 82.1 Å².